The molecular formula is C24H29N3O2S. The molecular weight excluding hydrogens is 394 g/mol. The van der Waals surface area contributed by atoms with Gasteiger partial charge in [0.15, 0.2) is 0 Å². The smallest absolute Gasteiger partial charge is 0.226 e. The molecule has 6 heteroatoms. The Balaban J connectivity index is 1.36. The summed E-state index contributed by atoms with van der Waals surface area (Å²) in [6, 6.07) is 11.1. The minimum atomic E-state index is 0.00305. The van der Waals surface area contributed by atoms with Crippen molar-refractivity contribution < 1.29 is 9.53 Å². The maximum atomic E-state index is 12.7. The lowest BCUT2D eigenvalue weighted by atomic mass is 10.1. The van der Waals surface area contributed by atoms with Crippen molar-refractivity contribution >= 4 is 22.2 Å². The molecule has 1 fully saturated rings. The number of ether oxygens (including phenoxy) is 1. The number of nitriles is 1. The number of carbonyl (C=O) groups is 1. The van der Waals surface area contributed by atoms with Gasteiger partial charge >= 0.3 is 0 Å². The Kier molecular flexibility index (Phi) is 6.71. The molecule has 1 heterocycles. The van der Waals surface area contributed by atoms with E-state index < -0.39 is 0 Å². The highest BCUT2D eigenvalue weighted by atomic mass is 32.1. The highest BCUT2D eigenvalue weighted by Gasteiger charge is 2.29. The van der Waals surface area contributed by atoms with E-state index in [1.165, 1.54) is 41.7 Å². The molecule has 158 valence electrons. The first-order valence-electron chi connectivity index (χ1n) is 10.9. The Morgan fingerprint density at radius 1 is 1.23 bits per heavy atom. The van der Waals surface area contributed by atoms with Gasteiger partial charge in [-0.1, -0.05) is 18.6 Å². The van der Waals surface area contributed by atoms with E-state index in [0.717, 1.165) is 43.1 Å². The van der Waals surface area contributed by atoms with Crippen LogP contribution in [0.1, 0.15) is 60.1 Å². The zero-order chi connectivity index (χ0) is 20.9. The quantitative estimate of drug-likeness (QED) is 0.614. The summed E-state index contributed by atoms with van der Waals surface area (Å²) in [5.74, 6) is 0.863. The second-order valence-electron chi connectivity index (χ2n) is 8.23. The van der Waals surface area contributed by atoms with Crippen LogP contribution in [-0.2, 0) is 24.2 Å². The summed E-state index contributed by atoms with van der Waals surface area (Å²) in [7, 11) is 1.67. The van der Waals surface area contributed by atoms with E-state index in [1.807, 2.05) is 12.1 Å². The van der Waals surface area contributed by atoms with Crippen molar-refractivity contribution in [3.8, 4) is 11.8 Å². The molecule has 4 rings (SSSR count). The summed E-state index contributed by atoms with van der Waals surface area (Å²) in [5.41, 5.74) is 3.11. The number of aryl methyl sites for hydroxylation is 1. The van der Waals surface area contributed by atoms with Gasteiger partial charge in [0.1, 0.15) is 16.8 Å². The summed E-state index contributed by atoms with van der Waals surface area (Å²) >= 11 is 1.61. The van der Waals surface area contributed by atoms with Crippen LogP contribution in [0.4, 0.5) is 5.00 Å². The lowest BCUT2D eigenvalue weighted by molar-refractivity contribution is -0.116. The standard InChI is InChI=1S/C24H29N3O2S/c1-29-19-11-7-17(8-12-19)16-27(18-9-10-18)14-13-23(28)26-24-21(15-25)20-5-3-2-4-6-22(20)30-24/h7-8,11-12,18H,2-6,9-10,13-14,16H2,1H3,(H,26,28). The van der Waals surface area contributed by atoms with E-state index in [0.29, 0.717) is 18.0 Å². The number of carbonyl (C=O) groups excluding carboxylic acids is 1. The van der Waals surface area contributed by atoms with Gasteiger partial charge in [0, 0.05) is 30.4 Å². The first-order valence-corrected chi connectivity index (χ1v) is 11.7. The van der Waals surface area contributed by atoms with Crippen molar-refractivity contribution in [1.29, 1.82) is 5.26 Å². The number of nitrogens with zero attached hydrogens (tertiary/aromatic N) is 2. The zero-order valence-electron chi connectivity index (χ0n) is 17.6. The number of thiophene rings is 1. The highest BCUT2D eigenvalue weighted by Crippen LogP contribution is 2.37. The van der Waals surface area contributed by atoms with Crippen LogP contribution < -0.4 is 10.1 Å². The van der Waals surface area contributed by atoms with Crippen molar-refractivity contribution in [1.82, 2.24) is 4.90 Å². The SMILES string of the molecule is COc1ccc(CN(CCC(=O)Nc2sc3c(c2C#N)CCCCC3)C2CC2)cc1. The summed E-state index contributed by atoms with van der Waals surface area (Å²) in [6.45, 7) is 1.58. The molecule has 0 saturated heterocycles. The second kappa shape index (κ2) is 9.63. The number of methoxy groups -OCH3 is 1. The fourth-order valence-corrected chi connectivity index (χ4v) is 5.44. The molecule has 1 saturated carbocycles. The first kappa shape index (κ1) is 20.9. The van der Waals surface area contributed by atoms with Gasteiger partial charge in [-0.25, -0.2) is 0 Å². The van der Waals surface area contributed by atoms with Crippen LogP contribution in [0.25, 0.3) is 0 Å². The summed E-state index contributed by atoms with van der Waals surface area (Å²) in [6.07, 6.45) is 8.37. The van der Waals surface area contributed by atoms with E-state index in [1.54, 1.807) is 18.4 Å². The van der Waals surface area contributed by atoms with E-state index in [4.69, 9.17) is 4.74 Å². The fraction of sp³-hybridized carbons (Fsp3) is 0.500. The second-order valence-corrected chi connectivity index (χ2v) is 9.33. The van der Waals surface area contributed by atoms with Crippen molar-refractivity contribution in [3.63, 3.8) is 0 Å². The molecule has 1 aromatic carbocycles. The highest BCUT2D eigenvalue weighted by molar-refractivity contribution is 7.16. The van der Waals surface area contributed by atoms with Gasteiger partial charge in [0.05, 0.1) is 12.7 Å². The number of rotatable bonds is 8. The van der Waals surface area contributed by atoms with Crippen molar-refractivity contribution in [2.24, 2.45) is 0 Å². The lowest BCUT2D eigenvalue weighted by Gasteiger charge is -2.22. The molecule has 0 aliphatic heterocycles. The van der Waals surface area contributed by atoms with E-state index in [9.17, 15) is 10.1 Å². The molecule has 1 N–H and O–H groups in total. The molecule has 0 spiro atoms. The van der Waals surface area contributed by atoms with Crippen molar-refractivity contribution in [2.75, 3.05) is 19.0 Å². The van der Waals surface area contributed by atoms with E-state index in [2.05, 4.69) is 28.4 Å². The zero-order valence-corrected chi connectivity index (χ0v) is 18.4. The Labute approximate surface area is 182 Å². The molecule has 2 aliphatic carbocycles. The van der Waals surface area contributed by atoms with Gasteiger partial charge in [-0.3, -0.25) is 9.69 Å². The van der Waals surface area contributed by atoms with Crippen LogP contribution in [0, 0.1) is 11.3 Å². The molecule has 5 nitrogen and oxygen atoms in total. The fourth-order valence-electron chi connectivity index (χ4n) is 4.18. The maximum Gasteiger partial charge on any atom is 0.226 e. The number of anilines is 1. The third kappa shape index (κ3) is 5.03. The monoisotopic (exact) mass is 423 g/mol. The molecule has 1 aromatic heterocycles. The molecule has 0 radical (unpaired) electrons. The van der Waals surface area contributed by atoms with Gasteiger partial charge in [0.25, 0.3) is 0 Å². The molecule has 2 aliphatic rings. The Morgan fingerprint density at radius 2 is 2.00 bits per heavy atom. The minimum absolute atomic E-state index is 0.00305. The summed E-state index contributed by atoms with van der Waals surface area (Å²) < 4.78 is 5.24. The van der Waals surface area contributed by atoms with E-state index in [-0.39, 0.29) is 5.91 Å². The summed E-state index contributed by atoms with van der Waals surface area (Å²) in [5, 5.41) is 13.5. The summed E-state index contributed by atoms with van der Waals surface area (Å²) in [4.78, 5) is 16.4. The third-order valence-electron chi connectivity index (χ3n) is 6.02. The first-order chi connectivity index (χ1) is 14.7. The lowest BCUT2D eigenvalue weighted by Crippen LogP contribution is -2.29. The van der Waals surface area contributed by atoms with Crippen LogP contribution >= 0.6 is 11.3 Å². The minimum Gasteiger partial charge on any atom is -0.497 e. The largest absolute Gasteiger partial charge is 0.497 e. The number of hydrogen-bond donors (Lipinski definition) is 1. The van der Waals surface area contributed by atoms with Crippen LogP contribution in [0.2, 0.25) is 0 Å². The number of hydrogen-bond acceptors (Lipinski definition) is 5. The number of benzene rings is 1. The molecule has 30 heavy (non-hydrogen) atoms. The number of amides is 1. The molecule has 0 atom stereocenters. The van der Waals surface area contributed by atoms with Gasteiger partial charge in [0.2, 0.25) is 5.91 Å². The predicted octanol–water partition coefficient (Wildman–Crippen LogP) is 4.89. The van der Waals surface area contributed by atoms with Crippen molar-refractivity contribution in [3.05, 3.63) is 45.8 Å². The number of nitrogens with one attached hydrogen (secondary N) is 1. The normalized spacial score (nSPS) is 15.9. The van der Waals surface area contributed by atoms with Gasteiger partial charge in [-0.15, -0.1) is 11.3 Å². The van der Waals surface area contributed by atoms with Crippen LogP contribution in [0.3, 0.4) is 0 Å². The van der Waals surface area contributed by atoms with Gasteiger partial charge in [-0.05, 0) is 61.8 Å². The van der Waals surface area contributed by atoms with Crippen molar-refractivity contribution in [2.45, 2.75) is 64.0 Å². The maximum absolute atomic E-state index is 12.7. The average Bonchev–Trinajstić information content (AvgIpc) is 3.58. The van der Waals surface area contributed by atoms with Crippen LogP contribution in [-0.4, -0.2) is 30.5 Å². The molecule has 2 aromatic rings. The average molecular weight is 424 g/mol. The van der Waals surface area contributed by atoms with Crippen LogP contribution in [0.5, 0.6) is 5.75 Å². The topological polar surface area (TPSA) is 65.4 Å². The van der Waals surface area contributed by atoms with E-state index >= 15 is 0 Å². The Hall–Kier alpha value is -2.36. The molecule has 0 unspecified atom stereocenters. The Bertz CT molecular complexity index is 925. The molecule has 0 bridgehead atoms. The molecule has 1 amide bonds. The third-order valence-corrected chi connectivity index (χ3v) is 7.23. The van der Waals surface area contributed by atoms with Gasteiger partial charge in [-0.2, -0.15) is 5.26 Å². The Morgan fingerprint density at radius 3 is 2.70 bits per heavy atom. The van der Waals surface area contributed by atoms with Gasteiger partial charge < -0.3 is 10.1 Å². The predicted molar refractivity (Wildman–Crippen MR) is 120 cm³/mol. The number of fused-ring (bicyclic) bond motifs is 1. The van der Waals surface area contributed by atoms with Crippen LogP contribution in [0.15, 0.2) is 24.3 Å².